The van der Waals surface area contributed by atoms with Gasteiger partial charge in [-0.25, -0.2) is 9.37 Å². The van der Waals surface area contributed by atoms with E-state index in [0.717, 1.165) is 6.07 Å². The van der Waals surface area contributed by atoms with Crippen molar-refractivity contribution in [3.63, 3.8) is 0 Å². The van der Waals surface area contributed by atoms with E-state index in [0.29, 0.717) is 11.0 Å². The molecule has 0 aliphatic carbocycles. The minimum Gasteiger partial charge on any atom is -0.423 e. The quantitative estimate of drug-likeness (QED) is 0.793. The van der Waals surface area contributed by atoms with E-state index >= 15 is 0 Å². The predicted molar refractivity (Wildman–Crippen MR) is 73.8 cm³/mol. The SMILES string of the molecule is O=S(=O)(Nc1cc2c(cc1F)COB2O)c1ccccn1. The molecule has 0 atom stereocenters. The zero-order valence-electron chi connectivity index (χ0n) is 10.7. The number of hydrogen-bond acceptors (Lipinski definition) is 5. The third-order valence-corrected chi connectivity index (χ3v) is 4.33. The molecular weight excluding hydrogens is 298 g/mol. The molecule has 1 aliphatic rings. The molecule has 6 nitrogen and oxygen atoms in total. The van der Waals surface area contributed by atoms with Gasteiger partial charge in [-0.15, -0.1) is 0 Å². The van der Waals surface area contributed by atoms with E-state index in [2.05, 4.69) is 9.71 Å². The van der Waals surface area contributed by atoms with Gasteiger partial charge in [-0.05, 0) is 35.3 Å². The van der Waals surface area contributed by atoms with Gasteiger partial charge in [0.1, 0.15) is 5.82 Å². The molecule has 0 radical (unpaired) electrons. The molecule has 9 heteroatoms. The van der Waals surface area contributed by atoms with Gasteiger partial charge in [0.05, 0.1) is 12.3 Å². The van der Waals surface area contributed by atoms with E-state index in [4.69, 9.17) is 4.65 Å². The molecule has 0 unspecified atom stereocenters. The van der Waals surface area contributed by atoms with Crippen LogP contribution in [0.3, 0.4) is 0 Å². The summed E-state index contributed by atoms with van der Waals surface area (Å²) in [6.07, 6.45) is 1.32. The molecule has 0 saturated heterocycles. The highest BCUT2D eigenvalue weighted by molar-refractivity contribution is 7.92. The van der Waals surface area contributed by atoms with Crippen molar-refractivity contribution in [1.82, 2.24) is 4.98 Å². The second-order valence-corrected chi connectivity index (χ2v) is 6.10. The van der Waals surface area contributed by atoms with E-state index < -0.39 is 23.0 Å². The van der Waals surface area contributed by atoms with Crippen LogP contribution in [0, 0.1) is 5.82 Å². The van der Waals surface area contributed by atoms with Gasteiger partial charge >= 0.3 is 7.12 Å². The Morgan fingerprint density at radius 2 is 2.19 bits per heavy atom. The topological polar surface area (TPSA) is 88.5 Å². The maximum absolute atomic E-state index is 13.9. The lowest BCUT2D eigenvalue weighted by molar-refractivity contribution is 0.275. The third kappa shape index (κ3) is 2.62. The van der Waals surface area contributed by atoms with Gasteiger partial charge in [0.15, 0.2) is 5.03 Å². The molecule has 0 amide bonds. The number of fused-ring (bicyclic) bond motifs is 1. The number of pyridine rings is 1. The van der Waals surface area contributed by atoms with Gasteiger partial charge in [-0.1, -0.05) is 6.07 Å². The monoisotopic (exact) mass is 308 g/mol. The molecule has 0 saturated carbocycles. The Morgan fingerprint density at radius 3 is 2.90 bits per heavy atom. The number of aromatic nitrogens is 1. The molecule has 2 heterocycles. The summed E-state index contributed by atoms with van der Waals surface area (Å²) in [6, 6.07) is 6.75. The van der Waals surface area contributed by atoms with Crippen molar-refractivity contribution < 1.29 is 22.5 Å². The van der Waals surface area contributed by atoms with Gasteiger partial charge in [0, 0.05) is 6.20 Å². The van der Waals surface area contributed by atoms with Crippen LogP contribution >= 0.6 is 0 Å². The summed E-state index contributed by atoms with van der Waals surface area (Å²) in [5.41, 5.74) is 0.569. The van der Waals surface area contributed by atoms with Crippen molar-refractivity contribution in [2.45, 2.75) is 11.6 Å². The average molecular weight is 308 g/mol. The van der Waals surface area contributed by atoms with Crippen LogP contribution in [0.25, 0.3) is 0 Å². The number of nitrogens with zero attached hydrogens (tertiary/aromatic N) is 1. The van der Waals surface area contributed by atoms with Gasteiger partial charge in [-0.2, -0.15) is 8.42 Å². The summed E-state index contributed by atoms with van der Waals surface area (Å²) in [7, 11) is -5.18. The summed E-state index contributed by atoms with van der Waals surface area (Å²) < 4.78 is 45.2. The Labute approximate surface area is 120 Å². The largest absolute Gasteiger partial charge is 0.491 e. The summed E-state index contributed by atoms with van der Waals surface area (Å²) in [5.74, 6) is -0.744. The minimum atomic E-state index is -3.99. The first-order chi connectivity index (χ1) is 9.97. The third-order valence-electron chi connectivity index (χ3n) is 3.05. The van der Waals surface area contributed by atoms with Gasteiger partial charge < -0.3 is 9.68 Å². The average Bonchev–Trinajstić information content (AvgIpc) is 2.81. The maximum atomic E-state index is 13.9. The highest BCUT2D eigenvalue weighted by Crippen LogP contribution is 2.21. The van der Waals surface area contributed by atoms with Crippen molar-refractivity contribution in [1.29, 1.82) is 0 Å². The van der Waals surface area contributed by atoms with Crippen LogP contribution < -0.4 is 10.2 Å². The van der Waals surface area contributed by atoms with Crippen LogP contribution in [-0.4, -0.2) is 25.5 Å². The second-order valence-electron chi connectivity index (χ2n) is 4.47. The minimum absolute atomic E-state index is 0.0840. The van der Waals surface area contributed by atoms with E-state index in [1.807, 2.05) is 0 Å². The normalized spacial score (nSPS) is 14.1. The fraction of sp³-hybridized carbons (Fsp3) is 0.0833. The summed E-state index contributed by atoms with van der Waals surface area (Å²) >= 11 is 0. The molecule has 2 N–H and O–H groups in total. The van der Waals surface area contributed by atoms with Crippen molar-refractivity contribution in [3.05, 3.63) is 47.9 Å². The van der Waals surface area contributed by atoms with Crippen molar-refractivity contribution in [2.75, 3.05) is 4.72 Å². The number of hydrogen-bond donors (Lipinski definition) is 2. The summed E-state index contributed by atoms with van der Waals surface area (Å²) in [4.78, 5) is 3.72. The second kappa shape index (κ2) is 5.10. The highest BCUT2D eigenvalue weighted by Gasteiger charge is 2.29. The molecule has 3 rings (SSSR count). The number of anilines is 1. The van der Waals surface area contributed by atoms with Gasteiger partial charge in [-0.3, -0.25) is 4.72 Å². The molecule has 0 fully saturated rings. The van der Waals surface area contributed by atoms with Gasteiger partial charge in [0.2, 0.25) is 0 Å². The molecule has 0 bridgehead atoms. The Bertz CT molecular complexity index is 785. The lowest BCUT2D eigenvalue weighted by Gasteiger charge is -2.10. The lowest BCUT2D eigenvalue weighted by atomic mass is 9.79. The summed E-state index contributed by atoms with van der Waals surface area (Å²) in [5, 5.41) is 9.36. The Balaban J connectivity index is 1.98. The first-order valence-electron chi connectivity index (χ1n) is 6.03. The van der Waals surface area contributed by atoms with Crippen LogP contribution in [0.5, 0.6) is 0 Å². The summed E-state index contributed by atoms with van der Waals surface area (Å²) in [6.45, 7) is 0.0840. The number of sulfonamides is 1. The van der Waals surface area contributed by atoms with Crippen LogP contribution in [0.15, 0.2) is 41.6 Å². The van der Waals surface area contributed by atoms with E-state index in [9.17, 15) is 17.8 Å². The van der Waals surface area contributed by atoms with E-state index in [1.165, 1.54) is 24.4 Å². The number of rotatable bonds is 3. The van der Waals surface area contributed by atoms with E-state index in [-0.39, 0.29) is 17.3 Å². The molecule has 1 aromatic heterocycles. The molecular formula is C12H10BFN2O4S. The van der Waals surface area contributed by atoms with Crippen LogP contribution in [0.2, 0.25) is 0 Å². The highest BCUT2D eigenvalue weighted by atomic mass is 32.2. The Kier molecular flexibility index (Phi) is 3.40. The fourth-order valence-electron chi connectivity index (χ4n) is 2.03. The molecule has 1 aliphatic heterocycles. The fourth-order valence-corrected chi connectivity index (χ4v) is 3.03. The van der Waals surface area contributed by atoms with Crippen LogP contribution in [0.1, 0.15) is 5.56 Å². The molecule has 0 spiro atoms. The van der Waals surface area contributed by atoms with Crippen LogP contribution in [0.4, 0.5) is 10.1 Å². The van der Waals surface area contributed by atoms with Crippen LogP contribution in [-0.2, 0) is 21.3 Å². The van der Waals surface area contributed by atoms with Gasteiger partial charge in [0.25, 0.3) is 10.0 Å². The maximum Gasteiger partial charge on any atom is 0.491 e. The molecule has 108 valence electrons. The van der Waals surface area contributed by atoms with Crippen molar-refractivity contribution >= 4 is 28.3 Å². The number of nitrogens with one attached hydrogen (secondary N) is 1. The molecule has 21 heavy (non-hydrogen) atoms. The standard InChI is InChI=1S/C12H10BFN2O4S/c14-10-5-8-7-20-13(17)9(8)6-11(10)16-21(18,19)12-3-1-2-4-15-12/h1-6,16-17H,7H2. The first kappa shape index (κ1) is 14.0. The zero-order valence-corrected chi connectivity index (χ0v) is 11.5. The van der Waals surface area contributed by atoms with Crippen molar-refractivity contribution in [2.24, 2.45) is 0 Å². The smallest absolute Gasteiger partial charge is 0.423 e. The number of benzene rings is 1. The molecule has 1 aromatic carbocycles. The zero-order chi connectivity index (χ0) is 15.0. The lowest BCUT2D eigenvalue weighted by Crippen LogP contribution is -2.29. The van der Waals surface area contributed by atoms with E-state index in [1.54, 1.807) is 6.07 Å². The Morgan fingerprint density at radius 1 is 1.38 bits per heavy atom. The molecule has 2 aromatic rings. The first-order valence-corrected chi connectivity index (χ1v) is 7.51. The predicted octanol–water partition coefficient (Wildman–Crippen LogP) is 0.239. The Hall–Kier alpha value is -1.97. The number of halogens is 1. The van der Waals surface area contributed by atoms with Crippen molar-refractivity contribution in [3.8, 4) is 0 Å².